The molecule has 0 aromatic heterocycles. The fourth-order valence-corrected chi connectivity index (χ4v) is 3.43. The fraction of sp³-hybridized carbons (Fsp3) is 0.286. The van der Waals surface area contributed by atoms with Gasteiger partial charge in [0.15, 0.2) is 11.5 Å². The first-order valence-corrected chi connectivity index (χ1v) is 9.32. The van der Waals surface area contributed by atoms with Crippen LogP contribution < -0.4 is 20.1 Å². The van der Waals surface area contributed by atoms with E-state index < -0.39 is 17.5 Å². The monoisotopic (exact) mass is 395 g/mol. The second-order valence-electron chi connectivity index (χ2n) is 7.10. The lowest BCUT2D eigenvalue weighted by atomic mass is 9.91. The van der Waals surface area contributed by atoms with Crippen LogP contribution in [0.1, 0.15) is 18.1 Å². The summed E-state index contributed by atoms with van der Waals surface area (Å²) >= 11 is 0. The Labute approximate surface area is 167 Å². The highest BCUT2D eigenvalue weighted by Gasteiger charge is 2.49. The number of carbonyl (C=O) groups excluding carboxylic acids is 3. The second kappa shape index (κ2) is 7.46. The van der Waals surface area contributed by atoms with Crippen molar-refractivity contribution in [3.8, 4) is 11.5 Å². The summed E-state index contributed by atoms with van der Waals surface area (Å²) in [7, 11) is 0. The van der Waals surface area contributed by atoms with E-state index in [-0.39, 0.29) is 19.2 Å². The average molecular weight is 395 g/mol. The molecule has 0 bridgehead atoms. The molecule has 2 aromatic carbocycles. The number of amides is 4. The quantitative estimate of drug-likeness (QED) is 0.724. The molecule has 1 saturated heterocycles. The van der Waals surface area contributed by atoms with Crippen LogP contribution in [0.3, 0.4) is 0 Å². The number of urea groups is 1. The molecule has 4 amide bonds. The van der Waals surface area contributed by atoms with Gasteiger partial charge in [0.25, 0.3) is 5.91 Å². The van der Waals surface area contributed by atoms with Gasteiger partial charge in [-0.2, -0.15) is 0 Å². The molecule has 8 heteroatoms. The maximum atomic E-state index is 13.0. The molecule has 2 aliphatic rings. The summed E-state index contributed by atoms with van der Waals surface area (Å²) in [4.78, 5) is 38.5. The van der Waals surface area contributed by atoms with Crippen molar-refractivity contribution in [1.82, 2.24) is 15.5 Å². The topological polar surface area (TPSA) is 97.0 Å². The van der Waals surface area contributed by atoms with Crippen molar-refractivity contribution >= 4 is 17.8 Å². The van der Waals surface area contributed by atoms with Crippen molar-refractivity contribution < 1.29 is 23.9 Å². The number of hydrogen-bond acceptors (Lipinski definition) is 5. The molecule has 29 heavy (non-hydrogen) atoms. The molecule has 0 unspecified atom stereocenters. The predicted octanol–water partition coefficient (Wildman–Crippen LogP) is 1.54. The normalized spacial score (nSPS) is 20.0. The summed E-state index contributed by atoms with van der Waals surface area (Å²) in [5.41, 5.74) is 0.382. The zero-order valence-corrected chi connectivity index (χ0v) is 15.9. The molecule has 8 nitrogen and oxygen atoms in total. The van der Waals surface area contributed by atoms with E-state index in [1.165, 1.54) is 0 Å². The standard InChI is InChI=1S/C21H21N3O5/c1-21(15-7-8-16-17(11-15)29-13-28-16)19(26)24(20(27)23-21)12-18(25)22-10-9-14-5-3-2-4-6-14/h2-8,11H,9-10,12-13H2,1H3,(H,22,25)(H,23,27)/t21-/m0/s1. The molecule has 2 N–H and O–H groups in total. The molecule has 150 valence electrons. The highest BCUT2D eigenvalue weighted by Crippen LogP contribution is 2.37. The maximum absolute atomic E-state index is 13.0. The van der Waals surface area contributed by atoms with Crippen LogP contribution in [0.25, 0.3) is 0 Å². The van der Waals surface area contributed by atoms with Gasteiger partial charge in [-0.3, -0.25) is 14.5 Å². The minimum absolute atomic E-state index is 0.116. The van der Waals surface area contributed by atoms with Gasteiger partial charge < -0.3 is 20.1 Å². The first kappa shape index (κ1) is 18.8. The van der Waals surface area contributed by atoms with Crippen molar-refractivity contribution in [2.75, 3.05) is 19.9 Å². The molecule has 0 saturated carbocycles. The summed E-state index contributed by atoms with van der Waals surface area (Å²) in [6, 6.07) is 14.2. The van der Waals surface area contributed by atoms with Crippen LogP contribution in [0, 0.1) is 0 Å². The second-order valence-corrected chi connectivity index (χ2v) is 7.10. The Morgan fingerprint density at radius 3 is 2.69 bits per heavy atom. The number of carbonyl (C=O) groups is 3. The number of rotatable bonds is 6. The molecule has 2 heterocycles. The molecule has 1 atom stereocenters. The molecule has 2 aromatic rings. The third-order valence-electron chi connectivity index (χ3n) is 5.11. The maximum Gasteiger partial charge on any atom is 0.325 e. The third kappa shape index (κ3) is 3.61. The fourth-order valence-electron chi connectivity index (χ4n) is 3.43. The SMILES string of the molecule is C[C@@]1(c2ccc3c(c2)OCO3)NC(=O)N(CC(=O)NCCc2ccccc2)C1=O. The van der Waals surface area contributed by atoms with Crippen molar-refractivity contribution in [2.45, 2.75) is 18.9 Å². The summed E-state index contributed by atoms with van der Waals surface area (Å²) < 4.78 is 10.6. The lowest BCUT2D eigenvalue weighted by Gasteiger charge is -2.22. The van der Waals surface area contributed by atoms with Crippen LogP contribution in [0.15, 0.2) is 48.5 Å². The van der Waals surface area contributed by atoms with Crippen molar-refractivity contribution in [2.24, 2.45) is 0 Å². The molecule has 2 aliphatic heterocycles. The number of imide groups is 1. The molecular formula is C21H21N3O5. The number of fused-ring (bicyclic) bond motifs is 1. The van der Waals surface area contributed by atoms with E-state index in [0.29, 0.717) is 30.0 Å². The van der Waals surface area contributed by atoms with Gasteiger partial charge in [-0.15, -0.1) is 0 Å². The van der Waals surface area contributed by atoms with E-state index in [4.69, 9.17) is 9.47 Å². The number of ether oxygens (including phenoxy) is 2. The smallest absolute Gasteiger partial charge is 0.325 e. The average Bonchev–Trinajstić information content (AvgIpc) is 3.27. The molecular weight excluding hydrogens is 374 g/mol. The molecule has 0 spiro atoms. The lowest BCUT2D eigenvalue weighted by Crippen LogP contribution is -2.43. The minimum Gasteiger partial charge on any atom is -0.454 e. The summed E-state index contributed by atoms with van der Waals surface area (Å²) in [5, 5.41) is 5.44. The Morgan fingerprint density at radius 1 is 1.14 bits per heavy atom. The van der Waals surface area contributed by atoms with Crippen LogP contribution in [0.5, 0.6) is 11.5 Å². The number of hydrogen-bond donors (Lipinski definition) is 2. The molecule has 1 fully saturated rings. The lowest BCUT2D eigenvalue weighted by molar-refractivity contribution is -0.134. The molecule has 0 aliphatic carbocycles. The van der Waals surface area contributed by atoms with Crippen LogP contribution in [-0.2, 0) is 21.5 Å². The largest absolute Gasteiger partial charge is 0.454 e. The van der Waals surface area contributed by atoms with E-state index in [1.54, 1.807) is 25.1 Å². The summed E-state index contributed by atoms with van der Waals surface area (Å²) in [6.45, 7) is 1.81. The van der Waals surface area contributed by atoms with Crippen molar-refractivity contribution in [3.63, 3.8) is 0 Å². The Hall–Kier alpha value is -3.55. The Morgan fingerprint density at radius 2 is 1.90 bits per heavy atom. The van der Waals surface area contributed by atoms with Gasteiger partial charge in [-0.25, -0.2) is 4.79 Å². The number of nitrogens with zero attached hydrogens (tertiary/aromatic N) is 1. The van der Waals surface area contributed by atoms with Gasteiger partial charge >= 0.3 is 6.03 Å². The first-order chi connectivity index (χ1) is 14.0. The third-order valence-corrected chi connectivity index (χ3v) is 5.11. The van der Waals surface area contributed by atoms with Gasteiger partial charge in [-0.1, -0.05) is 36.4 Å². The Bertz CT molecular complexity index is 962. The van der Waals surface area contributed by atoms with E-state index in [0.717, 1.165) is 10.5 Å². The zero-order chi connectivity index (χ0) is 20.4. The van der Waals surface area contributed by atoms with Crippen LogP contribution in [0.2, 0.25) is 0 Å². The van der Waals surface area contributed by atoms with Gasteiger partial charge in [0.1, 0.15) is 12.1 Å². The van der Waals surface area contributed by atoms with Crippen molar-refractivity contribution in [3.05, 3.63) is 59.7 Å². The molecule has 0 radical (unpaired) electrons. The summed E-state index contributed by atoms with van der Waals surface area (Å²) in [6.07, 6.45) is 0.668. The van der Waals surface area contributed by atoms with Crippen LogP contribution in [0.4, 0.5) is 4.79 Å². The highest BCUT2D eigenvalue weighted by atomic mass is 16.7. The highest BCUT2D eigenvalue weighted by molar-refractivity contribution is 6.09. The van der Waals surface area contributed by atoms with Gasteiger partial charge in [-0.05, 0) is 36.6 Å². The van der Waals surface area contributed by atoms with Crippen LogP contribution in [-0.4, -0.2) is 42.6 Å². The van der Waals surface area contributed by atoms with Crippen molar-refractivity contribution in [1.29, 1.82) is 0 Å². The zero-order valence-electron chi connectivity index (χ0n) is 15.9. The van der Waals surface area contributed by atoms with E-state index in [2.05, 4.69) is 10.6 Å². The Kier molecular flexibility index (Phi) is 4.84. The van der Waals surface area contributed by atoms with E-state index in [1.807, 2.05) is 30.3 Å². The van der Waals surface area contributed by atoms with Crippen LogP contribution >= 0.6 is 0 Å². The Balaban J connectivity index is 1.39. The first-order valence-electron chi connectivity index (χ1n) is 9.32. The van der Waals surface area contributed by atoms with Gasteiger partial charge in [0.2, 0.25) is 12.7 Å². The van der Waals surface area contributed by atoms with Gasteiger partial charge in [0.05, 0.1) is 0 Å². The van der Waals surface area contributed by atoms with Gasteiger partial charge in [0, 0.05) is 6.54 Å². The molecule has 4 rings (SSSR count). The predicted molar refractivity (Wildman–Crippen MR) is 103 cm³/mol. The number of benzene rings is 2. The van der Waals surface area contributed by atoms with E-state index >= 15 is 0 Å². The summed E-state index contributed by atoms with van der Waals surface area (Å²) in [5.74, 6) is 0.227. The minimum atomic E-state index is -1.28. The number of nitrogens with one attached hydrogen (secondary N) is 2. The van der Waals surface area contributed by atoms with E-state index in [9.17, 15) is 14.4 Å².